The number of piperidine rings is 1. The van der Waals surface area contributed by atoms with E-state index in [1.807, 2.05) is 17.0 Å². The van der Waals surface area contributed by atoms with E-state index in [1.54, 1.807) is 0 Å². The summed E-state index contributed by atoms with van der Waals surface area (Å²) in [5.41, 5.74) is 0.457. The van der Waals surface area contributed by atoms with Crippen molar-refractivity contribution in [3.63, 3.8) is 0 Å². The maximum absolute atomic E-state index is 12.4. The van der Waals surface area contributed by atoms with Crippen molar-refractivity contribution >= 4 is 11.7 Å². The van der Waals surface area contributed by atoms with Crippen LogP contribution < -0.4 is 4.90 Å². The molecule has 2 saturated heterocycles. The van der Waals surface area contributed by atoms with Gasteiger partial charge in [-0.2, -0.15) is 0 Å². The summed E-state index contributed by atoms with van der Waals surface area (Å²) in [5.74, 6) is 1.59. The summed E-state index contributed by atoms with van der Waals surface area (Å²) in [4.78, 5) is 18.8. The molecule has 0 saturated carbocycles. The number of likely N-dealkylation sites (N-methyl/N-ethyl adjacent to an activating group) is 1. The average Bonchev–Trinajstić information content (AvgIpc) is 2.55. The van der Waals surface area contributed by atoms with E-state index in [9.17, 15) is 4.79 Å². The lowest BCUT2D eigenvalue weighted by Gasteiger charge is -2.32. The van der Waals surface area contributed by atoms with Crippen molar-refractivity contribution in [1.82, 2.24) is 20.0 Å². The molecule has 0 N–H and O–H groups in total. The first-order chi connectivity index (χ1) is 10.6. The molecule has 1 aromatic rings. The summed E-state index contributed by atoms with van der Waals surface area (Å²) in [6.45, 7) is 7.70. The second-order valence-corrected chi connectivity index (χ2v) is 6.57. The van der Waals surface area contributed by atoms with Crippen molar-refractivity contribution in [2.45, 2.75) is 19.8 Å². The van der Waals surface area contributed by atoms with Crippen LogP contribution in [0, 0.1) is 5.92 Å². The second-order valence-electron chi connectivity index (χ2n) is 6.57. The highest BCUT2D eigenvalue weighted by Gasteiger charge is 2.23. The predicted octanol–water partition coefficient (Wildman–Crippen LogP) is 1.10. The minimum Gasteiger partial charge on any atom is -0.355 e. The van der Waals surface area contributed by atoms with Crippen LogP contribution in [0.15, 0.2) is 12.1 Å². The number of nitrogens with zero attached hydrogens (tertiary/aromatic N) is 5. The summed E-state index contributed by atoms with van der Waals surface area (Å²) in [6.07, 6.45) is 2.48. The third-order valence-electron chi connectivity index (χ3n) is 4.64. The van der Waals surface area contributed by atoms with Crippen molar-refractivity contribution < 1.29 is 4.79 Å². The van der Waals surface area contributed by atoms with Gasteiger partial charge in [0, 0.05) is 39.3 Å². The van der Waals surface area contributed by atoms with Crippen LogP contribution in [0.25, 0.3) is 0 Å². The van der Waals surface area contributed by atoms with Gasteiger partial charge in [0.05, 0.1) is 0 Å². The van der Waals surface area contributed by atoms with E-state index < -0.39 is 0 Å². The van der Waals surface area contributed by atoms with Gasteiger partial charge in [-0.3, -0.25) is 4.79 Å². The molecule has 22 heavy (non-hydrogen) atoms. The van der Waals surface area contributed by atoms with Gasteiger partial charge in [0.15, 0.2) is 11.5 Å². The Morgan fingerprint density at radius 2 is 1.91 bits per heavy atom. The molecule has 1 unspecified atom stereocenters. The maximum atomic E-state index is 12.4. The molecule has 0 aromatic carbocycles. The highest BCUT2D eigenvalue weighted by Crippen LogP contribution is 2.20. The molecule has 3 heterocycles. The van der Waals surface area contributed by atoms with Crippen LogP contribution in [0.1, 0.15) is 30.3 Å². The fourth-order valence-corrected chi connectivity index (χ4v) is 3.18. The quantitative estimate of drug-likeness (QED) is 0.819. The van der Waals surface area contributed by atoms with Crippen molar-refractivity contribution in [2.75, 3.05) is 51.2 Å². The summed E-state index contributed by atoms with van der Waals surface area (Å²) >= 11 is 0. The number of carbonyl (C=O) groups is 1. The number of piperazine rings is 1. The normalized spacial score (nSPS) is 23.6. The fourth-order valence-electron chi connectivity index (χ4n) is 3.18. The van der Waals surface area contributed by atoms with Gasteiger partial charge in [0.25, 0.3) is 5.91 Å². The summed E-state index contributed by atoms with van der Waals surface area (Å²) in [5, 5.41) is 8.46. The van der Waals surface area contributed by atoms with E-state index in [1.165, 1.54) is 12.8 Å². The number of hydrogen-bond acceptors (Lipinski definition) is 5. The summed E-state index contributed by atoms with van der Waals surface area (Å²) < 4.78 is 0. The van der Waals surface area contributed by atoms with E-state index >= 15 is 0 Å². The third-order valence-corrected chi connectivity index (χ3v) is 4.64. The van der Waals surface area contributed by atoms with Crippen molar-refractivity contribution in [2.24, 2.45) is 5.92 Å². The van der Waals surface area contributed by atoms with Gasteiger partial charge in [0.2, 0.25) is 0 Å². The summed E-state index contributed by atoms with van der Waals surface area (Å²) in [6, 6.07) is 3.76. The number of hydrogen-bond donors (Lipinski definition) is 0. The standard InChI is InChI=1S/C16H25N5O/c1-13-4-3-7-21(12-13)15-6-5-14(17-18-15)16(22)20-10-8-19(2)9-11-20/h5-6,13H,3-4,7-12H2,1-2H3. The highest BCUT2D eigenvalue weighted by molar-refractivity contribution is 5.92. The van der Waals surface area contributed by atoms with Gasteiger partial charge in [-0.15, -0.1) is 10.2 Å². The van der Waals surface area contributed by atoms with E-state index in [-0.39, 0.29) is 5.91 Å². The zero-order valence-electron chi connectivity index (χ0n) is 13.5. The Morgan fingerprint density at radius 1 is 1.14 bits per heavy atom. The Kier molecular flexibility index (Phi) is 4.57. The second kappa shape index (κ2) is 6.60. The Balaban J connectivity index is 1.64. The average molecular weight is 303 g/mol. The van der Waals surface area contributed by atoms with E-state index in [2.05, 4.69) is 34.0 Å². The van der Waals surface area contributed by atoms with Crippen LogP contribution in [0.5, 0.6) is 0 Å². The molecule has 0 spiro atoms. The number of anilines is 1. The van der Waals surface area contributed by atoms with Gasteiger partial charge in [0.1, 0.15) is 0 Å². The van der Waals surface area contributed by atoms with Crippen LogP contribution in [0.2, 0.25) is 0 Å². The van der Waals surface area contributed by atoms with Gasteiger partial charge < -0.3 is 14.7 Å². The monoisotopic (exact) mass is 303 g/mol. The number of carbonyl (C=O) groups excluding carboxylic acids is 1. The minimum absolute atomic E-state index is 0.000776. The zero-order valence-corrected chi connectivity index (χ0v) is 13.5. The number of aromatic nitrogens is 2. The zero-order chi connectivity index (χ0) is 15.5. The SMILES string of the molecule is CC1CCCN(c2ccc(C(=O)N3CCN(C)CC3)nn2)C1. The molecule has 6 nitrogen and oxygen atoms in total. The van der Waals surface area contributed by atoms with Crippen LogP contribution in [0.4, 0.5) is 5.82 Å². The van der Waals surface area contributed by atoms with E-state index in [0.717, 1.165) is 45.1 Å². The molecule has 1 aromatic heterocycles. The lowest BCUT2D eigenvalue weighted by atomic mass is 10.0. The van der Waals surface area contributed by atoms with Crippen molar-refractivity contribution in [3.8, 4) is 0 Å². The lowest BCUT2D eigenvalue weighted by molar-refractivity contribution is 0.0657. The van der Waals surface area contributed by atoms with Crippen LogP contribution in [0.3, 0.4) is 0 Å². The molecular formula is C16H25N5O. The first kappa shape index (κ1) is 15.2. The molecule has 120 valence electrons. The molecule has 1 atom stereocenters. The maximum Gasteiger partial charge on any atom is 0.274 e. The lowest BCUT2D eigenvalue weighted by Crippen LogP contribution is -2.47. The molecule has 6 heteroatoms. The molecule has 3 rings (SSSR count). The van der Waals surface area contributed by atoms with E-state index in [4.69, 9.17) is 0 Å². The molecule has 0 aliphatic carbocycles. The van der Waals surface area contributed by atoms with Crippen LogP contribution in [-0.4, -0.2) is 72.2 Å². The smallest absolute Gasteiger partial charge is 0.274 e. The largest absolute Gasteiger partial charge is 0.355 e. The van der Waals surface area contributed by atoms with Crippen molar-refractivity contribution in [3.05, 3.63) is 17.8 Å². The molecule has 0 bridgehead atoms. The Labute approximate surface area is 132 Å². The fraction of sp³-hybridized carbons (Fsp3) is 0.688. The number of amides is 1. The number of rotatable bonds is 2. The molecule has 0 radical (unpaired) electrons. The van der Waals surface area contributed by atoms with Crippen LogP contribution in [-0.2, 0) is 0 Å². The summed E-state index contributed by atoms with van der Waals surface area (Å²) in [7, 11) is 2.08. The molecule has 2 fully saturated rings. The predicted molar refractivity (Wildman–Crippen MR) is 86.0 cm³/mol. The van der Waals surface area contributed by atoms with Crippen LogP contribution >= 0.6 is 0 Å². The molecular weight excluding hydrogens is 278 g/mol. The topological polar surface area (TPSA) is 52.6 Å². The first-order valence-corrected chi connectivity index (χ1v) is 8.20. The first-order valence-electron chi connectivity index (χ1n) is 8.20. The Morgan fingerprint density at radius 3 is 2.55 bits per heavy atom. The van der Waals surface area contributed by atoms with Gasteiger partial charge >= 0.3 is 0 Å². The Hall–Kier alpha value is -1.69. The molecule has 1 amide bonds. The molecule has 2 aliphatic heterocycles. The van der Waals surface area contributed by atoms with Gasteiger partial charge in [-0.25, -0.2) is 0 Å². The van der Waals surface area contributed by atoms with Crippen molar-refractivity contribution in [1.29, 1.82) is 0 Å². The Bertz CT molecular complexity index is 510. The molecule has 2 aliphatic rings. The van der Waals surface area contributed by atoms with E-state index in [0.29, 0.717) is 11.6 Å². The van der Waals surface area contributed by atoms with Gasteiger partial charge in [-0.1, -0.05) is 6.92 Å². The van der Waals surface area contributed by atoms with Gasteiger partial charge in [-0.05, 0) is 37.9 Å². The highest BCUT2D eigenvalue weighted by atomic mass is 16.2. The third kappa shape index (κ3) is 3.38. The minimum atomic E-state index is -0.000776.